The molecule has 0 amide bonds. The molecule has 1 aromatic heterocycles. The zero-order valence-electron chi connectivity index (χ0n) is 8.80. The van der Waals surface area contributed by atoms with Crippen molar-refractivity contribution >= 4 is 23.8 Å². The van der Waals surface area contributed by atoms with Crippen LogP contribution in [0.5, 0.6) is 0 Å². The van der Waals surface area contributed by atoms with E-state index in [4.69, 9.17) is 23.8 Å². The predicted octanol–water partition coefficient (Wildman–Crippen LogP) is 3.42. The van der Waals surface area contributed by atoms with Crippen LogP contribution in [-0.4, -0.2) is 14.8 Å². The van der Waals surface area contributed by atoms with Crippen molar-refractivity contribution in [3.8, 4) is 5.69 Å². The summed E-state index contributed by atoms with van der Waals surface area (Å²) in [5.74, 6) is -0.978. The van der Waals surface area contributed by atoms with Crippen LogP contribution in [0.4, 0.5) is 8.78 Å². The first-order chi connectivity index (χ1) is 8.04. The van der Waals surface area contributed by atoms with Gasteiger partial charge in [0.2, 0.25) is 0 Å². The van der Waals surface area contributed by atoms with Crippen LogP contribution in [0.2, 0.25) is 5.02 Å². The van der Waals surface area contributed by atoms with Gasteiger partial charge in [-0.3, -0.25) is 9.67 Å². The fraction of sp³-hybridized carbons (Fsp3) is 0.200. The van der Waals surface area contributed by atoms with E-state index < -0.39 is 11.6 Å². The first-order valence-corrected chi connectivity index (χ1v) is 5.64. The molecule has 0 spiro atoms. The summed E-state index contributed by atoms with van der Waals surface area (Å²) in [6.45, 7) is 1.84. The lowest BCUT2D eigenvalue weighted by Gasteiger charge is -2.09. The third-order valence-corrected chi connectivity index (χ3v) is 2.83. The van der Waals surface area contributed by atoms with Crippen molar-refractivity contribution < 1.29 is 8.78 Å². The highest BCUT2D eigenvalue weighted by atomic mass is 35.5. The van der Waals surface area contributed by atoms with Crippen molar-refractivity contribution in [2.24, 2.45) is 0 Å². The second-order valence-electron chi connectivity index (χ2n) is 3.35. The van der Waals surface area contributed by atoms with E-state index in [1.807, 2.05) is 6.92 Å². The summed E-state index contributed by atoms with van der Waals surface area (Å²) < 4.78 is 28.3. The van der Waals surface area contributed by atoms with Crippen molar-refractivity contribution in [3.05, 3.63) is 39.4 Å². The van der Waals surface area contributed by atoms with Gasteiger partial charge in [-0.05, 0) is 18.3 Å². The quantitative estimate of drug-likeness (QED) is 0.852. The van der Waals surface area contributed by atoms with Crippen molar-refractivity contribution in [3.63, 3.8) is 0 Å². The Labute approximate surface area is 106 Å². The van der Waals surface area contributed by atoms with Crippen molar-refractivity contribution in [2.75, 3.05) is 0 Å². The van der Waals surface area contributed by atoms with Crippen LogP contribution >= 0.6 is 23.8 Å². The lowest BCUT2D eigenvalue weighted by molar-refractivity contribution is 0.576. The predicted molar refractivity (Wildman–Crippen MR) is 63.1 cm³/mol. The molecule has 1 N–H and O–H groups in total. The topological polar surface area (TPSA) is 33.6 Å². The van der Waals surface area contributed by atoms with E-state index in [1.54, 1.807) is 0 Å². The Balaban J connectivity index is 2.77. The van der Waals surface area contributed by atoms with Gasteiger partial charge in [-0.2, -0.15) is 5.10 Å². The second-order valence-corrected chi connectivity index (χ2v) is 4.15. The number of hydrogen-bond donors (Lipinski definition) is 1. The van der Waals surface area contributed by atoms with Gasteiger partial charge in [-0.1, -0.05) is 18.5 Å². The number of nitrogens with one attached hydrogen (secondary N) is 1. The number of halogens is 3. The Kier molecular flexibility index (Phi) is 3.26. The highest BCUT2D eigenvalue weighted by Crippen LogP contribution is 2.26. The third kappa shape index (κ3) is 2.10. The molecule has 17 heavy (non-hydrogen) atoms. The highest BCUT2D eigenvalue weighted by molar-refractivity contribution is 7.71. The fourth-order valence-corrected chi connectivity index (χ4v) is 2.07. The minimum atomic E-state index is -0.776. The number of H-pyrrole nitrogens is 1. The number of benzene rings is 1. The number of aromatic nitrogens is 3. The van der Waals surface area contributed by atoms with E-state index in [2.05, 4.69) is 10.2 Å². The van der Waals surface area contributed by atoms with Gasteiger partial charge >= 0.3 is 0 Å². The molecule has 7 heteroatoms. The van der Waals surface area contributed by atoms with E-state index in [1.165, 1.54) is 4.57 Å². The number of nitrogens with zero attached hydrogens (tertiary/aromatic N) is 2. The monoisotopic (exact) mass is 275 g/mol. The Morgan fingerprint density at radius 1 is 1.47 bits per heavy atom. The van der Waals surface area contributed by atoms with E-state index in [9.17, 15) is 8.78 Å². The normalized spacial score (nSPS) is 10.8. The van der Waals surface area contributed by atoms with Gasteiger partial charge in [-0.25, -0.2) is 8.78 Å². The van der Waals surface area contributed by atoms with Crippen LogP contribution in [0.3, 0.4) is 0 Å². The summed E-state index contributed by atoms with van der Waals surface area (Å²) in [5, 5.41) is 6.45. The van der Waals surface area contributed by atoms with Crippen LogP contribution in [0.15, 0.2) is 12.1 Å². The molecular formula is C10H8ClF2N3S. The van der Waals surface area contributed by atoms with Gasteiger partial charge in [-0.15, -0.1) is 0 Å². The smallest absolute Gasteiger partial charge is 0.200 e. The lowest BCUT2D eigenvalue weighted by atomic mass is 10.3. The molecule has 90 valence electrons. The lowest BCUT2D eigenvalue weighted by Crippen LogP contribution is -2.04. The SMILES string of the molecule is CCc1n[nH]c(=S)n1-c1c(F)cc(F)cc1Cl. The molecule has 2 aromatic rings. The molecule has 0 aliphatic heterocycles. The van der Waals surface area contributed by atoms with Gasteiger partial charge in [0.25, 0.3) is 0 Å². The fourth-order valence-electron chi connectivity index (χ4n) is 1.55. The molecule has 1 aromatic carbocycles. The van der Waals surface area contributed by atoms with Crippen molar-refractivity contribution in [1.82, 2.24) is 14.8 Å². The summed E-state index contributed by atoms with van der Waals surface area (Å²) in [4.78, 5) is 0. The molecule has 0 saturated heterocycles. The number of aromatic amines is 1. The van der Waals surface area contributed by atoms with E-state index in [0.29, 0.717) is 12.2 Å². The van der Waals surface area contributed by atoms with Gasteiger partial charge in [0.05, 0.1) is 5.02 Å². The highest BCUT2D eigenvalue weighted by Gasteiger charge is 2.16. The molecule has 2 rings (SSSR count). The minimum Gasteiger partial charge on any atom is -0.268 e. The zero-order chi connectivity index (χ0) is 12.6. The summed E-state index contributed by atoms with van der Waals surface area (Å²) in [6.07, 6.45) is 0.542. The Hall–Kier alpha value is -1.27. The molecule has 3 nitrogen and oxygen atoms in total. The van der Waals surface area contributed by atoms with Crippen molar-refractivity contribution in [2.45, 2.75) is 13.3 Å². The van der Waals surface area contributed by atoms with Crippen LogP contribution in [0, 0.1) is 16.4 Å². The molecule has 0 unspecified atom stereocenters. The molecule has 1 heterocycles. The molecule has 0 bridgehead atoms. The molecule has 0 aliphatic rings. The standard InChI is InChI=1S/C10H8ClF2N3S/c1-2-8-14-15-10(17)16(8)9-6(11)3-5(12)4-7(9)13/h3-4H,2H2,1H3,(H,15,17). The van der Waals surface area contributed by atoms with Crippen LogP contribution in [0.25, 0.3) is 5.69 Å². The average Bonchev–Trinajstić information content (AvgIpc) is 2.59. The van der Waals surface area contributed by atoms with Gasteiger partial charge in [0.15, 0.2) is 10.6 Å². The summed E-state index contributed by atoms with van der Waals surface area (Å²) >= 11 is 10.8. The summed E-state index contributed by atoms with van der Waals surface area (Å²) in [7, 11) is 0. The molecule has 0 saturated carbocycles. The maximum atomic E-state index is 13.7. The van der Waals surface area contributed by atoms with Crippen LogP contribution < -0.4 is 0 Å². The van der Waals surface area contributed by atoms with Gasteiger partial charge < -0.3 is 0 Å². The Morgan fingerprint density at radius 3 is 2.76 bits per heavy atom. The first-order valence-electron chi connectivity index (χ1n) is 4.85. The van der Waals surface area contributed by atoms with Gasteiger partial charge in [0, 0.05) is 12.5 Å². The van der Waals surface area contributed by atoms with Crippen LogP contribution in [0.1, 0.15) is 12.7 Å². The van der Waals surface area contributed by atoms with Gasteiger partial charge in [0.1, 0.15) is 17.3 Å². The number of hydrogen-bond acceptors (Lipinski definition) is 2. The maximum Gasteiger partial charge on any atom is 0.200 e. The summed E-state index contributed by atoms with van der Waals surface area (Å²) in [5.41, 5.74) is 0.0173. The Morgan fingerprint density at radius 2 is 2.18 bits per heavy atom. The summed E-state index contributed by atoms with van der Waals surface area (Å²) in [6, 6.07) is 1.80. The van der Waals surface area contributed by atoms with E-state index >= 15 is 0 Å². The average molecular weight is 276 g/mol. The first kappa shape index (κ1) is 12.2. The molecule has 0 fully saturated rings. The van der Waals surface area contributed by atoms with Crippen molar-refractivity contribution in [1.29, 1.82) is 0 Å². The minimum absolute atomic E-state index is 0.0173. The Bertz CT molecular complexity index is 597. The second kappa shape index (κ2) is 4.54. The third-order valence-electron chi connectivity index (χ3n) is 2.26. The molecule has 0 aliphatic carbocycles. The van der Waals surface area contributed by atoms with E-state index in [-0.39, 0.29) is 15.5 Å². The molecular weight excluding hydrogens is 268 g/mol. The zero-order valence-corrected chi connectivity index (χ0v) is 10.4. The van der Waals surface area contributed by atoms with Crippen LogP contribution in [-0.2, 0) is 6.42 Å². The largest absolute Gasteiger partial charge is 0.268 e. The molecule has 0 radical (unpaired) electrons. The number of rotatable bonds is 2. The number of aryl methyl sites for hydroxylation is 1. The maximum absolute atomic E-state index is 13.7. The van der Waals surface area contributed by atoms with E-state index in [0.717, 1.165) is 12.1 Å². The molecule has 0 atom stereocenters.